The minimum absolute atomic E-state index is 0. The number of nitrogens with one attached hydrogen (secondary N) is 2. The summed E-state index contributed by atoms with van der Waals surface area (Å²) in [5.41, 5.74) is 1.34. The molecule has 0 bridgehead atoms. The van der Waals surface area contributed by atoms with E-state index in [0.717, 1.165) is 43.4 Å². The van der Waals surface area contributed by atoms with Crippen molar-refractivity contribution in [3.63, 3.8) is 0 Å². The number of aromatic nitrogens is 2. The number of carbonyl (C=O) groups is 2. The maximum atomic E-state index is 12.9. The summed E-state index contributed by atoms with van der Waals surface area (Å²) < 4.78 is 0. The number of benzene rings is 1. The van der Waals surface area contributed by atoms with Gasteiger partial charge in [-0.05, 0) is 18.9 Å². The average Bonchev–Trinajstić information content (AvgIpc) is 3.06. The van der Waals surface area contributed by atoms with Crippen molar-refractivity contribution in [2.45, 2.75) is 18.9 Å². The van der Waals surface area contributed by atoms with Crippen LogP contribution >= 0.6 is 12.4 Å². The van der Waals surface area contributed by atoms with Gasteiger partial charge in [-0.15, -0.1) is 12.4 Å². The fourth-order valence-corrected chi connectivity index (χ4v) is 3.68. The molecular weight excluding hydrogens is 342 g/mol. The SMILES string of the molecule is Cl.O=C(c1n[nH]c2ccccc12)N1CCCC(N2CCNCC2=O)C1. The summed E-state index contributed by atoms with van der Waals surface area (Å²) in [6.07, 6.45) is 1.87. The van der Waals surface area contributed by atoms with E-state index in [1.165, 1.54) is 0 Å². The highest BCUT2D eigenvalue weighted by Crippen LogP contribution is 2.21. The number of halogens is 1. The molecule has 2 fully saturated rings. The van der Waals surface area contributed by atoms with Gasteiger partial charge >= 0.3 is 0 Å². The highest BCUT2D eigenvalue weighted by molar-refractivity contribution is 6.04. The molecule has 2 N–H and O–H groups in total. The molecule has 1 aromatic carbocycles. The fourth-order valence-electron chi connectivity index (χ4n) is 3.68. The van der Waals surface area contributed by atoms with Crippen LogP contribution in [0, 0.1) is 0 Å². The van der Waals surface area contributed by atoms with Gasteiger partial charge in [0.05, 0.1) is 12.1 Å². The lowest BCUT2D eigenvalue weighted by atomic mass is 10.0. The van der Waals surface area contributed by atoms with Crippen molar-refractivity contribution >= 4 is 35.1 Å². The molecule has 25 heavy (non-hydrogen) atoms. The Morgan fingerprint density at radius 2 is 2.08 bits per heavy atom. The number of aromatic amines is 1. The second-order valence-electron chi connectivity index (χ2n) is 6.43. The van der Waals surface area contributed by atoms with Crippen molar-refractivity contribution in [3.8, 4) is 0 Å². The van der Waals surface area contributed by atoms with Crippen LogP contribution in [0.2, 0.25) is 0 Å². The minimum Gasteiger partial charge on any atom is -0.336 e. The van der Waals surface area contributed by atoms with Crippen molar-refractivity contribution in [3.05, 3.63) is 30.0 Å². The largest absolute Gasteiger partial charge is 0.336 e. The molecule has 0 radical (unpaired) electrons. The zero-order valence-corrected chi connectivity index (χ0v) is 14.7. The van der Waals surface area contributed by atoms with Gasteiger partial charge < -0.3 is 15.1 Å². The minimum atomic E-state index is -0.0558. The number of carbonyl (C=O) groups excluding carboxylic acids is 2. The van der Waals surface area contributed by atoms with E-state index >= 15 is 0 Å². The van der Waals surface area contributed by atoms with Crippen molar-refractivity contribution in [2.24, 2.45) is 0 Å². The zero-order chi connectivity index (χ0) is 16.5. The van der Waals surface area contributed by atoms with Crippen LogP contribution in [0.25, 0.3) is 10.9 Å². The van der Waals surface area contributed by atoms with Crippen molar-refractivity contribution < 1.29 is 9.59 Å². The zero-order valence-electron chi connectivity index (χ0n) is 13.9. The van der Waals surface area contributed by atoms with Gasteiger partial charge in [0.15, 0.2) is 5.69 Å². The first-order valence-electron chi connectivity index (χ1n) is 8.46. The van der Waals surface area contributed by atoms with E-state index in [-0.39, 0.29) is 30.3 Å². The van der Waals surface area contributed by atoms with Gasteiger partial charge in [0.25, 0.3) is 5.91 Å². The van der Waals surface area contributed by atoms with Crippen LogP contribution in [-0.4, -0.2) is 70.6 Å². The third-order valence-electron chi connectivity index (χ3n) is 4.92. The summed E-state index contributed by atoms with van der Waals surface area (Å²) in [5, 5.41) is 11.1. The normalized spacial score (nSPS) is 21.3. The summed E-state index contributed by atoms with van der Waals surface area (Å²) in [6, 6.07) is 7.77. The Bertz CT molecular complexity index is 777. The first-order chi connectivity index (χ1) is 11.7. The molecule has 1 atom stereocenters. The van der Waals surface area contributed by atoms with Gasteiger partial charge in [-0.2, -0.15) is 5.10 Å². The number of piperidine rings is 1. The topological polar surface area (TPSA) is 81.3 Å². The molecule has 2 aliphatic rings. The number of hydrogen-bond donors (Lipinski definition) is 2. The lowest BCUT2D eigenvalue weighted by molar-refractivity contribution is -0.135. The van der Waals surface area contributed by atoms with Crippen LogP contribution in [0.15, 0.2) is 24.3 Å². The van der Waals surface area contributed by atoms with Crippen LogP contribution in [0.3, 0.4) is 0 Å². The van der Waals surface area contributed by atoms with Gasteiger partial charge in [0, 0.05) is 37.6 Å². The van der Waals surface area contributed by atoms with E-state index < -0.39 is 0 Å². The Morgan fingerprint density at radius 3 is 2.92 bits per heavy atom. The molecule has 0 aliphatic carbocycles. The fraction of sp³-hybridized carbons (Fsp3) is 0.471. The summed E-state index contributed by atoms with van der Waals surface area (Å²) in [7, 11) is 0. The highest BCUT2D eigenvalue weighted by Gasteiger charge is 2.32. The summed E-state index contributed by atoms with van der Waals surface area (Å²) in [6.45, 7) is 3.24. The molecule has 2 aliphatic heterocycles. The van der Waals surface area contributed by atoms with Crippen LogP contribution in [-0.2, 0) is 4.79 Å². The van der Waals surface area contributed by atoms with Crippen molar-refractivity contribution in [1.29, 1.82) is 0 Å². The summed E-state index contributed by atoms with van der Waals surface area (Å²) in [4.78, 5) is 28.8. The van der Waals surface area contributed by atoms with E-state index in [2.05, 4.69) is 15.5 Å². The van der Waals surface area contributed by atoms with Gasteiger partial charge in [0.2, 0.25) is 5.91 Å². The number of amides is 2. The summed E-state index contributed by atoms with van der Waals surface area (Å²) >= 11 is 0. The third-order valence-corrected chi connectivity index (χ3v) is 4.92. The maximum Gasteiger partial charge on any atom is 0.275 e. The first-order valence-corrected chi connectivity index (χ1v) is 8.46. The van der Waals surface area contributed by atoms with E-state index in [4.69, 9.17) is 0 Å². The molecule has 7 nitrogen and oxygen atoms in total. The lowest BCUT2D eigenvalue weighted by Gasteiger charge is -2.41. The average molecular weight is 364 g/mol. The molecule has 3 heterocycles. The Balaban J connectivity index is 0.00000182. The van der Waals surface area contributed by atoms with Crippen molar-refractivity contribution in [2.75, 3.05) is 32.7 Å². The van der Waals surface area contributed by atoms with E-state index in [1.807, 2.05) is 34.1 Å². The standard InChI is InChI=1S/C17H21N5O2.ClH/c23-15-10-18-7-9-22(15)12-4-3-8-21(11-12)17(24)16-13-5-1-2-6-14(13)19-20-16;/h1-2,5-6,12,18H,3-4,7-11H2,(H,19,20);1H. The number of H-pyrrole nitrogens is 1. The molecule has 2 amide bonds. The van der Waals surface area contributed by atoms with Crippen LogP contribution in [0.4, 0.5) is 0 Å². The Hall–Kier alpha value is -2.12. The summed E-state index contributed by atoms with van der Waals surface area (Å²) in [5.74, 6) is 0.0745. The van der Waals surface area contributed by atoms with E-state index in [0.29, 0.717) is 18.8 Å². The van der Waals surface area contributed by atoms with Gasteiger partial charge in [-0.25, -0.2) is 0 Å². The highest BCUT2D eigenvalue weighted by atomic mass is 35.5. The molecule has 0 spiro atoms. The monoisotopic (exact) mass is 363 g/mol. The lowest BCUT2D eigenvalue weighted by Crippen LogP contribution is -2.57. The second-order valence-corrected chi connectivity index (χ2v) is 6.43. The molecule has 1 aromatic heterocycles. The first kappa shape index (κ1) is 17.7. The molecule has 8 heteroatoms. The molecular formula is C17H22ClN5O2. The molecule has 134 valence electrons. The van der Waals surface area contributed by atoms with E-state index in [1.54, 1.807) is 0 Å². The Kier molecular flexibility index (Phi) is 5.24. The van der Waals surface area contributed by atoms with Crippen molar-refractivity contribution in [1.82, 2.24) is 25.3 Å². The number of fused-ring (bicyclic) bond motifs is 1. The maximum absolute atomic E-state index is 12.9. The smallest absolute Gasteiger partial charge is 0.275 e. The quantitative estimate of drug-likeness (QED) is 0.834. The van der Waals surface area contributed by atoms with Gasteiger partial charge in [-0.1, -0.05) is 18.2 Å². The number of nitrogens with zero attached hydrogens (tertiary/aromatic N) is 3. The number of rotatable bonds is 2. The molecule has 0 saturated carbocycles. The molecule has 2 aromatic rings. The van der Waals surface area contributed by atoms with Gasteiger partial charge in [-0.3, -0.25) is 14.7 Å². The van der Waals surface area contributed by atoms with Crippen LogP contribution in [0.5, 0.6) is 0 Å². The van der Waals surface area contributed by atoms with Crippen LogP contribution in [0.1, 0.15) is 23.3 Å². The third kappa shape index (κ3) is 3.34. The van der Waals surface area contributed by atoms with Gasteiger partial charge in [0.1, 0.15) is 0 Å². The number of para-hydroxylation sites is 1. The Labute approximate surface area is 152 Å². The Morgan fingerprint density at radius 1 is 1.24 bits per heavy atom. The molecule has 4 rings (SSSR count). The predicted octanol–water partition coefficient (Wildman–Crippen LogP) is 1.02. The number of likely N-dealkylation sites (tertiary alicyclic amines) is 1. The molecule has 2 saturated heterocycles. The molecule has 1 unspecified atom stereocenters. The number of piperazine rings is 1. The predicted molar refractivity (Wildman–Crippen MR) is 96.8 cm³/mol. The van der Waals surface area contributed by atoms with E-state index in [9.17, 15) is 9.59 Å². The number of hydrogen-bond acceptors (Lipinski definition) is 4. The second kappa shape index (κ2) is 7.41. The van der Waals surface area contributed by atoms with Crippen LogP contribution < -0.4 is 5.32 Å².